The predicted octanol–water partition coefficient (Wildman–Crippen LogP) is 4.99. The molecule has 4 rings (SSSR count). The topological polar surface area (TPSA) is 48.3 Å². The third-order valence-electron chi connectivity index (χ3n) is 5.81. The number of benzene rings is 2. The van der Waals surface area contributed by atoms with Crippen molar-refractivity contribution in [2.24, 2.45) is 10.9 Å². The molecule has 5 nitrogen and oxygen atoms in total. The molecule has 2 aliphatic heterocycles. The molecule has 2 heterocycles. The Morgan fingerprint density at radius 2 is 1.78 bits per heavy atom. The second-order valence-corrected chi connectivity index (χ2v) is 8.62. The maximum atomic E-state index is 13.4. The molecule has 2 aromatic carbocycles. The summed E-state index contributed by atoms with van der Waals surface area (Å²) in [6, 6.07) is 13.9. The summed E-state index contributed by atoms with van der Waals surface area (Å²) >= 11 is 6.15. The zero-order valence-corrected chi connectivity index (χ0v) is 18.1. The number of piperidine rings is 1. The molecule has 1 fully saturated rings. The summed E-state index contributed by atoms with van der Waals surface area (Å²) in [5.41, 5.74) is 0.0725. The van der Waals surface area contributed by atoms with E-state index in [1.165, 1.54) is 28.7 Å². The van der Waals surface area contributed by atoms with Gasteiger partial charge in [-0.3, -0.25) is 9.80 Å². The average Bonchev–Trinajstić information content (AvgIpc) is 3.10. The molecule has 172 valence electrons. The molecule has 32 heavy (non-hydrogen) atoms. The number of hydrogen-bond acceptors (Lipinski definition) is 5. The minimum atomic E-state index is -4.60. The first-order valence-corrected chi connectivity index (χ1v) is 11.0. The van der Waals surface area contributed by atoms with Gasteiger partial charge in [-0.1, -0.05) is 48.0 Å². The third kappa shape index (κ3) is 5.30. The Morgan fingerprint density at radius 1 is 1.06 bits per heavy atom. The fraction of sp³-hybridized carbons (Fsp3) is 0.435. The Hall–Kier alpha value is -2.45. The molecule has 1 saturated heterocycles. The zero-order valence-electron chi connectivity index (χ0n) is 17.4. The van der Waals surface area contributed by atoms with Crippen LogP contribution >= 0.6 is 11.6 Å². The predicted molar refractivity (Wildman–Crippen MR) is 118 cm³/mol. The highest BCUT2D eigenvalue weighted by molar-refractivity contribution is 6.26. The summed E-state index contributed by atoms with van der Waals surface area (Å²) in [7, 11) is 0. The number of alkyl halides is 4. The number of aliphatic imine (C=N–C) groups is 1. The Labute approximate surface area is 190 Å². The molecule has 0 spiro atoms. The summed E-state index contributed by atoms with van der Waals surface area (Å²) in [4.78, 5) is 7.32. The first-order chi connectivity index (χ1) is 15.3. The molecule has 2 aromatic rings. The van der Waals surface area contributed by atoms with Gasteiger partial charge in [-0.2, -0.15) is 13.2 Å². The van der Waals surface area contributed by atoms with Gasteiger partial charge in [0.05, 0.1) is 12.3 Å². The van der Waals surface area contributed by atoms with Gasteiger partial charge in [-0.05, 0) is 49.5 Å². The van der Waals surface area contributed by atoms with Gasteiger partial charge in [0.2, 0.25) is 0 Å². The van der Waals surface area contributed by atoms with Crippen LogP contribution in [0.3, 0.4) is 0 Å². The number of nitrogens with zero attached hydrogens (tertiary/aromatic N) is 3. The first kappa shape index (κ1) is 22.7. The second kappa shape index (κ2) is 9.58. The van der Waals surface area contributed by atoms with Crippen molar-refractivity contribution in [3.63, 3.8) is 0 Å². The van der Waals surface area contributed by atoms with Crippen LogP contribution in [0.1, 0.15) is 18.4 Å². The summed E-state index contributed by atoms with van der Waals surface area (Å²) < 4.78 is 46.1. The van der Waals surface area contributed by atoms with Gasteiger partial charge >= 0.3 is 6.18 Å². The van der Waals surface area contributed by atoms with E-state index in [4.69, 9.17) is 16.3 Å². The number of amidine groups is 1. The average molecular weight is 468 g/mol. The molecule has 1 N–H and O–H groups in total. The van der Waals surface area contributed by atoms with Gasteiger partial charge in [0.15, 0.2) is 6.04 Å². The standard InChI is InChI=1S/C23H25ClF3N3O2/c24-21-20(23(25,26)27)28-22(30(21)18-7-4-8-19(31)13-18)32-15-17-9-11-29(12-10-17)14-16-5-2-1-3-6-16/h1-8,13,17,20-21,31H,9-12,14-15H2. The van der Waals surface area contributed by atoms with E-state index in [1.807, 2.05) is 18.2 Å². The highest BCUT2D eigenvalue weighted by Gasteiger charge is 2.52. The first-order valence-electron chi connectivity index (χ1n) is 10.6. The van der Waals surface area contributed by atoms with Gasteiger partial charge in [-0.15, -0.1) is 0 Å². The highest BCUT2D eigenvalue weighted by Crippen LogP contribution is 2.38. The summed E-state index contributed by atoms with van der Waals surface area (Å²) in [5.74, 6) is 0.140. The molecular formula is C23H25ClF3N3O2. The van der Waals surface area contributed by atoms with E-state index < -0.39 is 17.7 Å². The fourth-order valence-corrected chi connectivity index (χ4v) is 4.46. The third-order valence-corrected chi connectivity index (χ3v) is 6.24. The Kier molecular flexibility index (Phi) is 6.81. The smallest absolute Gasteiger partial charge is 0.414 e. The van der Waals surface area contributed by atoms with Crippen molar-refractivity contribution in [1.82, 2.24) is 4.90 Å². The van der Waals surface area contributed by atoms with E-state index in [-0.39, 0.29) is 24.3 Å². The van der Waals surface area contributed by atoms with Crippen LogP contribution < -0.4 is 4.90 Å². The van der Waals surface area contributed by atoms with Crippen molar-refractivity contribution in [2.75, 3.05) is 24.6 Å². The number of rotatable bonds is 5. The van der Waals surface area contributed by atoms with Crippen molar-refractivity contribution < 1.29 is 23.0 Å². The fourth-order valence-electron chi connectivity index (χ4n) is 4.07. The molecule has 2 atom stereocenters. The Bertz CT molecular complexity index is 934. The molecule has 0 aromatic heterocycles. The lowest BCUT2D eigenvalue weighted by Gasteiger charge is -2.32. The Morgan fingerprint density at radius 3 is 2.44 bits per heavy atom. The summed E-state index contributed by atoms with van der Waals surface area (Å²) in [6.07, 6.45) is -2.83. The van der Waals surface area contributed by atoms with Crippen molar-refractivity contribution in [3.8, 4) is 5.75 Å². The number of aromatic hydroxyl groups is 1. The number of phenolic OH excluding ortho intramolecular Hbond substituents is 1. The van der Waals surface area contributed by atoms with Crippen LogP contribution in [0.25, 0.3) is 0 Å². The molecule has 0 amide bonds. The number of likely N-dealkylation sites (tertiary alicyclic amines) is 1. The zero-order chi connectivity index (χ0) is 22.7. The number of anilines is 1. The van der Waals surface area contributed by atoms with Gasteiger partial charge in [-0.25, -0.2) is 4.99 Å². The highest BCUT2D eigenvalue weighted by atomic mass is 35.5. The number of ether oxygens (including phenoxy) is 1. The summed E-state index contributed by atoms with van der Waals surface area (Å²) in [6.45, 7) is 2.94. The van der Waals surface area contributed by atoms with E-state index in [9.17, 15) is 18.3 Å². The van der Waals surface area contributed by atoms with Crippen LogP contribution in [-0.2, 0) is 11.3 Å². The molecule has 0 bridgehead atoms. The minimum absolute atomic E-state index is 0.0769. The molecule has 0 saturated carbocycles. The maximum Gasteiger partial charge on any atom is 0.414 e. The van der Waals surface area contributed by atoms with Crippen LogP contribution in [0.5, 0.6) is 5.75 Å². The van der Waals surface area contributed by atoms with Crippen LogP contribution in [0.4, 0.5) is 18.9 Å². The number of hydrogen-bond donors (Lipinski definition) is 1. The van der Waals surface area contributed by atoms with E-state index in [2.05, 4.69) is 22.0 Å². The molecule has 0 radical (unpaired) electrons. The quantitative estimate of drug-likeness (QED) is 0.497. The SMILES string of the molecule is Oc1cccc(N2C(OCC3CCN(Cc4ccccc4)CC3)=NC(C(F)(F)F)C2Cl)c1. The molecule has 0 aliphatic carbocycles. The van der Waals surface area contributed by atoms with E-state index >= 15 is 0 Å². The van der Waals surface area contributed by atoms with Gasteiger partial charge in [0.1, 0.15) is 11.3 Å². The van der Waals surface area contributed by atoms with Crippen LogP contribution in [0.2, 0.25) is 0 Å². The van der Waals surface area contributed by atoms with Gasteiger partial charge in [0.25, 0.3) is 6.02 Å². The molecule has 9 heteroatoms. The van der Waals surface area contributed by atoms with Crippen molar-refractivity contribution in [2.45, 2.75) is 37.1 Å². The lowest BCUT2D eigenvalue weighted by Crippen LogP contribution is -2.42. The number of phenols is 1. The molecule has 2 unspecified atom stereocenters. The van der Waals surface area contributed by atoms with Crippen LogP contribution in [-0.4, -0.2) is 53.4 Å². The molecule has 2 aliphatic rings. The lowest BCUT2D eigenvalue weighted by molar-refractivity contribution is -0.145. The van der Waals surface area contributed by atoms with E-state index in [1.54, 1.807) is 6.07 Å². The van der Waals surface area contributed by atoms with Crippen LogP contribution in [0, 0.1) is 5.92 Å². The number of halogens is 4. The van der Waals surface area contributed by atoms with Crippen molar-refractivity contribution in [1.29, 1.82) is 0 Å². The molecular weight excluding hydrogens is 443 g/mol. The Balaban J connectivity index is 1.38. The van der Waals surface area contributed by atoms with Crippen LogP contribution in [0.15, 0.2) is 59.6 Å². The minimum Gasteiger partial charge on any atom is -0.508 e. The normalized spacial score (nSPS) is 22.8. The van der Waals surface area contributed by atoms with E-state index in [0.29, 0.717) is 5.69 Å². The van der Waals surface area contributed by atoms with Gasteiger partial charge < -0.3 is 9.84 Å². The summed E-state index contributed by atoms with van der Waals surface area (Å²) in [5, 5.41) is 9.76. The van der Waals surface area contributed by atoms with Crippen molar-refractivity contribution in [3.05, 3.63) is 60.2 Å². The van der Waals surface area contributed by atoms with E-state index in [0.717, 1.165) is 32.5 Å². The maximum absolute atomic E-state index is 13.4. The largest absolute Gasteiger partial charge is 0.508 e. The monoisotopic (exact) mass is 467 g/mol. The lowest BCUT2D eigenvalue weighted by atomic mass is 9.97. The van der Waals surface area contributed by atoms with Gasteiger partial charge in [0, 0.05) is 12.6 Å². The van der Waals surface area contributed by atoms with Crippen molar-refractivity contribution >= 4 is 23.3 Å². The second-order valence-electron chi connectivity index (χ2n) is 8.18.